The smallest absolute Gasteiger partial charge is 0.00991 e. The zero-order valence-electron chi connectivity index (χ0n) is 5.15. The van der Waals surface area contributed by atoms with Gasteiger partial charge in [0.2, 0.25) is 0 Å². The standard InChI is InChI=1S/C8H8/c1-5-7(3)8(4)6-2/h1-2H,3-4H3/b8-7+. The van der Waals surface area contributed by atoms with E-state index in [9.17, 15) is 0 Å². The van der Waals surface area contributed by atoms with Crippen LogP contribution in [0.1, 0.15) is 13.8 Å². The minimum Gasteiger partial charge on any atom is -0.115 e. The second kappa shape index (κ2) is 2.94. The monoisotopic (exact) mass is 104 g/mol. The van der Waals surface area contributed by atoms with Crippen LogP contribution in [0.25, 0.3) is 0 Å². The molecule has 0 heteroatoms. The van der Waals surface area contributed by atoms with Crippen LogP contribution in [-0.2, 0) is 0 Å². The van der Waals surface area contributed by atoms with E-state index in [1.807, 2.05) is 13.8 Å². The van der Waals surface area contributed by atoms with Crippen molar-refractivity contribution in [3.8, 4) is 24.7 Å². The zero-order chi connectivity index (χ0) is 6.57. The maximum atomic E-state index is 5.05. The van der Waals surface area contributed by atoms with Gasteiger partial charge in [-0.05, 0) is 13.8 Å². The third-order valence-corrected chi connectivity index (χ3v) is 0.996. The Labute approximate surface area is 50.6 Å². The number of hydrogen-bond donors (Lipinski definition) is 0. The van der Waals surface area contributed by atoms with E-state index >= 15 is 0 Å². The molecule has 0 rings (SSSR count). The van der Waals surface area contributed by atoms with Gasteiger partial charge in [-0.3, -0.25) is 0 Å². The average molecular weight is 104 g/mol. The molecule has 0 aliphatic heterocycles. The van der Waals surface area contributed by atoms with Crippen molar-refractivity contribution in [3.05, 3.63) is 11.1 Å². The van der Waals surface area contributed by atoms with Gasteiger partial charge in [-0.2, -0.15) is 0 Å². The Morgan fingerprint density at radius 3 is 1.38 bits per heavy atom. The molecule has 0 amide bonds. The van der Waals surface area contributed by atoms with E-state index < -0.39 is 0 Å². The highest BCUT2D eigenvalue weighted by molar-refractivity contribution is 5.37. The summed E-state index contributed by atoms with van der Waals surface area (Å²) in [4.78, 5) is 0. The van der Waals surface area contributed by atoms with Gasteiger partial charge in [0.05, 0.1) is 0 Å². The third kappa shape index (κ3) is 1.54. The summed E-state index contributed by atoms with van der Waals surface area (Å²) >= 11 is 0. The molecule has 0 radical (unpaired) electrons. The van der Waals surface area contributed by atoms with Crippen LogP contribution in [0.5, 0.6) is 0 Å². The van der Waals surface area contributed by atoms with Gasteiger partial charge in [0.1, 0.15) is 0 Å². The minimum absolute atomic E-state index is 0.840. The molecule has 0 nitrogen and oxygen atoms in total. The third-order valence-electron chi connectivity index (χ3n) is 0.996. The van der Waals surface area contributed by atoms with E-state index in [1.54, 1.807) is 0 Å². The normalized spacial score (nSPS) is 11.0. The van der Waals surface area contributed by atoms with Crippen molar-refractivity contribution in [3.63, 3.8) is 0 Å². The Morgan fingerprint density at radius 1 is 1.00 bits per heavy atom. The Kier molecular flexibility index (Phi) is 2.52. The van der Waals surface area contributed by atoms with Crippen molar-refractivity contribution in [1.82, 2.24) is 0 Å². The lowest BCUT2D eigenvalue weighted by molar-refractivity contribution is 1.44. The Balaban J connectivity index is 4.41. The Morgan fingerprint density at radius 2 is 1.25 bits per heavy atom. The maximum absolute atomic E-state index is 5.05. The summed E-state index contributed by atoms with van der Waals surface area (Å²) in [6.07, 6.45) is 10.1. The summed E-state index contributed by atoms with van der Waals surface area (Å²) < 4.78 is 0. The summed E-state index contributed by atoms with van der Waals surface area (Å²) in [6.45, 7) is 3.66. The SMILES string of the molecule is C#C/C(C)=C(\C)C#C. The second-order valence-electron chi connectivity index (χ2n) is 1.54. The van der Waals surface area contributed by atoms with Gasteiger partial charge in [0, 0.05) is 11.1 Å². The molecular formula is C8H8. The second-order valence-corrected chi connectivity index (χ2v) is 1.54. The van der Waals surface area contributed by atoms with Crippen LogP contribution in [0.2, 0.25) is 0 Å². The first-order valence-corrected chi connectivity index (χ1v) is 2.33. The molecule has 0 saturated carbocycles. The molecule has 0 saturated heterocycles. The van der Waals surface area contributed by atoms with Crippen molar-refractivity contribution in [1.29, 1.82) is 0 Å². The first-order chi connectivity index (χ1) is 3.72. The predicted molar refractivity (Wildman–Crippen MR) is 36.0 cm³/mol. The molecule has 0 aliphatic rings. The molecule has 0 unspecified atom stereocenters. The molecule has 0 aromatic carbocycles. The molecule has 0 atom stereocenters. The number of allylic oxidation sites excluding steroid dienone is 2. The molecular weight excluding hydrogens is 96.1 g/mol. The number of hydrogen-bond acceptors (Lipinski definition) is 0. The molecule has 8 heavy (non-hydrogen) atoms. The van der Waals surface area contributed by atoms with Crippen molar-refractivity contribution in [2.24, 2.45) is 0 Å². The highest BCUT2D eigenvalue weighted by Gasteiger charge is 1.83. The molecule has 0 fully saturated rings. The largest absolute Gasteiger partial charge is 0.115 e. The summed E-state index contributed by atoms with van der Waals surface area (Å²) in [5.41, 5.74) is 1.68. The van der Waals surface area contributed by atoms with Gasteiger partial charge >= 0.3 is 0 Å². The van der Waals surface area contributed by atoms with E-state index in [0.717, 1.165) is 11.1 Å². The molecule has 0 bridgehead atoms. The Bertz CT molecular complexity index is 159. The molecule has 0 heterocycles. The fraction of sp³-hybridized carbons (Fsp3) is 0.250. The topological polar surface area (TPSA) is 0 Å². The van der Waals surface area contributed by atoms with Crippen LogP contribution >= 0.6 is 0 Å². The predicted octanol–water partition coefficient (Wildman–Crippen LogP) is 1.59. The molecule has 40 valence electrons. The first-order valence-electron chi connectivity index (χ1n) is 2.33. The van der Waals surface area contributed by atoms with Crippen LogP contribution in [0.15, 0.2) is 11.1 Å². The van der Waals surface area contributed by atoms with E-state index in [-0.39, 0.29) is 0 Å². The van der Waals surface area contributed by atoms with Gasteiger partial charge in [-0.1, -0.05) is 11.8 Å². The van der Waals surface area contributed by atoms with Gasteiger partial charge < -0.3 is 0 Å². The van der Waals surface area contributed by atoms with Gasteiger partial charge in [-0.25, -0.2) is 0 Å². The molecule has 0 aromatic rings. The summed E-state index contributed by atoms with van der Waals surface area (Å²) in [7, 11) is 0. The van der Waals surface area contributed by atoms with Crippen LogP contribution < -0.4 is 0 Å². The van der Waals surface area contributed by atoms with Crippen molar-refractivity contribution < 1.29 is 0 Å². The van der Waals surface area contributed by atoms with Crippen molar-refractivity contribution in [2.75, 3.05) is 0 Å². The summed E-state index contributed by atoms with van der Waals surface area (Å²) in [6, 6.07) is 0. The lowest BCUT2D eigenvalue weighted by Gasteiger charge is -1.87. The summed E-state index contributed by atoms with van der Waals surface area (Å²) in [5.74, 6) is 4.91. The van der Waals surface area contributed by atoms with Gasteiger partial charge in [0.15, 0.2) is 0 Å². The number of rotatable bonds is 0. The van der Waals surface area contributed by atoms with Crippen molar-refractivity contribution in [2.45, 2.75) is 13.8 Å². The summed E-state index contributed by atoms with van der Waals surface area (Å²) in [5, 5.41) is 0. The van der Waals surface area contributed by atoms with E-state index in [1.165, 1.54) is 0 Å². The van der Waals surface area contributed by atoms with Crippen molar-refractivity contribution >= 4 is 0 Å². The molecule has 0 N–H and O–H groups in total. The fourth-order valence-corrected chi connectivity index (χ4v) is 0.217. The lowest BCUT2D eigenvalue weighted by atomic mass is 10.2. The maximum Gasteiger partial charge on any atom is 0.00991 e. The molecule has 0 spiro atoms. The van der Waals surface area contributed by atoms with Gasteiger partial charge in [0.25, 0.3) is 0 Å². The van der Waals surface area contributed by atoms with E-state index in [0.29, 0.717) is 0 Å². The van der Waals surface area contributed by atoms with Gasteiger partial charge in [-0.15, -0.1) is 12.8 Å². The Hall–Kier alpha value is -1.14. The lowest BCUT2D eigenvalue weighted by Crippen LogP contribution is -1.73. The van der Waals surface area contributed by atoms with Crippen LogP contribution in [-0.4, -0.2) is 0 Å². The highest BCUT2D eigenvalue weighted by atomic mass is 13.9. The van der Waals surface area contributed by atoms with E-state index in [2.05, 4.69) is 11.8 Å². The quantitative estimate of drug-likeness (QED) is 0.409. The minimum atomic E-state index is 0.840. The van der Waals surface area contributed by atoms with Crippen LogP contribution in [0.3, 0.4) is 0 Å². The highest BCUT2D eigenvalue weighted by Crippen LogP contribution is 1.97. The molecule has 0 aromatic heterocycles. The van der Waals surface area contributed by atoms with Crippen LogP contribution in [0.4, 0.5) is 0 Å². The molecule has 0 aliphatic carbocycles. The first kappa shape index (κ1) is 6.86. The average Bonchev–Trinajstić information content (AvgIpc) is 1.84. The fourth-order valence-electron chi connectivity index (χ4n) is 0.217. The van der Waals surface area contributed by atoms with E-state index in [4.69, 9.17) is 12.8 Å². The zero-order valence-corrected chi connectivity index (χ0v) is 5.15. The van der Waals surface area contributed by atoms with Crippen LogP contribution in [0, 0.1) is 24.7 Å². The number of terminal acetylenes is 2.